The second kappa shape index (κ2) is 4.49. The SMILES string of the molecule is Cc1cc(Cc2ccc(CCl)cc2)on1. The summed E-state index contributed by atoms with van der Waals surface area (Å²) in [5.41, 5.74) is 3.26. The summed E-state index contributed by atoms with van der Waals surface area (Å²) in [6.45, 7) is 1.92. The predicted octanol–water partition coefficient (Wildman–Crippen LogP) is 3.31. The van der Waals surface area contributed by atoms with E-state index in [1.54, 1.807) is 0 Å². The summed E-state index contributed by atoms with van der Waals surface area (Å²) in [7, 11) is 0. The first-order chi connectivity index (χ1) is 7.28. The number of aromatic nitrogens is 1. The molecule has 0 atom stereocenters. The van der Waals surface area contributed by atoms with Gasteiger partial charge in [-0.3, -0.25) is 0 Å². The molecule has 3 heteroatoms. The molecular weight excluding hydrogens is 210 g/mol. The van der Waals surface area contributed by atoms with Crippen LogP contribution in [0.15, 0.2) is 34.9 Å². The Balaban J connectivity index is 2.11. The normalized spacial score (nSPS) is 10.5. The molecule has 0 saturated carbocycles. The van der Waals surface area contributed by atoms with Crippen LogP contribution in [0.1, 0.15) is 22.6 Å². The molecule has 1 aromatic carbocycles. The monoisotopic (exact) mass is 221 g/mol. The molecular formula is C12H12ClNO. The van der Waals surface area contributed by atoms with Gasteiger partial charge in [0.25, 0.3) is 0 Å². The number of benzene rings is 1. The lowest BCUT2D eigenvalue weighted by Gasteiger charge is -1.99. The minimum absolute atomic E-state index is 0.557. The first-order valence-electron chi connectivity index (χ1n) is 4.84. The van der Waals surface area contributed by atoms with Crippen molar-refractivity contribution in [2.75, 3.05) is 0 Å². The van der Waals surface area contributed by atoms with E-state index in [1.165, 1.54) is 5.56 Å². The van der Waals surface area contributed by atoms with E-state index in [0.717, 1.165) is 23.4 Å². The Morgan fingerprint density at radius 1 is 1.20 bits per heavy atom. The number of nitrogens with zero attached hydrogens (tertiary/aromatic N) is 1. The number of hydrogen-bond donors (Lipinski definition) is 0. The van der Waals surface area contributed by atoms with Crippen molar-refractivity contribution >= 4 is 11.6 Å². The van der Waals surface area contributed by atoms with Gasteiger partial charge in [-0.1, -0.05) is 29.4 Å². The predicted molar refractivity (Wildman–Crippen MR) is 60.0 cm³/mol. The molecule has 0 aliphatic rings. The second-order valence-electron chi connectivity index (χ2n) is 3.56. The van der Waals surface area contributed by atoms with E-state index < -0.39 is 0 Å². The molecule has 15 heavy (non-hydrogen) atoms. The lowest BCUT2D eigenvalue weighted by Crippen LogP contribution is -1.86. The van der Waals surface area contributed by atoms with Crippen molar-refractivity contribution in [3.8, 4) is 0 Å². The van der Waals surface area contributed by atoms with Gasteiger partial charge in [0, 0.05) is 18.4 Å². The van der Waals surface area contributed by atoms with Gasteiger partial charge >= 0.3 is 0 Å². The molecule has 2 aromatic rings. The third-order valence-corrected chi connectivity index (χ3v) is 2.54. The number of aryl methyl sites for hydroxylation is 1. The van der Waals surface area contributed by atoms with Crippen LogP contribution in [0.2, 0.25) is 0 Å². The maximum atomic E-state index is 5.71. The van der Waals surface area contributed by atoms with E-state index in [-0.39, 0.29) is 0 Å². The maximum absolute atomic E-state index is 5.71. The van der Waals surface area contributed by atoms with Crippen LogP contribution in [0.4, 0.5) is 0 Å². The van der Waals surface area contributed by atoms with Gasteiger partial charge in [-0.15, -0.1) is 11.6 Å². The summed E-state index contributed by atoms with van der Waals surface area (Å²) >= 11 is 5.71. The largest absolute Gasteiger partial charge is 0.361 e. The molecule has 0 saturated heterocycles. The number of hydrogen-bond acceptors (Lipinski definition) is 2. The van der Waals surface area contributed by atoms with Crippen LogP contribution < -0.4 is 0 Å². The summed E-state index contributed by atoms with van der Waals surface area (Å²) < 4.78 is 5.15. The molecule has 0 fully saturated rings. The van der Waals surface area contributed by atoms with Gasteiger partial charge in [-0.2, -0.15) is 0 Å². The fourth-order valence-corrected chi connectivity index (χ4v) is 1.63. The highest BCUT2D eigenvalue weighted by Crippen LogP contribution is 2.12. The van der Waals surface area contributed by atoms with Crippen LogP contribution >= 0.6 is 11.6 Å². The summed E-state index contributed by atoms with van der Waals surface area (Å²) in [5, 5.41) is 3.85. The Kier molecular flexibility index (Phi) is 3.07. The number of alkyl halides is 1. The fourth-order valence-electron chi connectivity index (χ4n) is 1.45. The minimum Gasteiger partial charge on any atom is -0.361 e. The first kappa shape index (κ1) is 10.2. The molecule has 2 nitrogen and oxygen atoms in total. The Hall–Kier alpha value is -1.28. The lowest BCUT2D eigenvalue weighted by atomic mass is 10.1. The quantitative estimate of drug-likeness (QED) is 0.744. The molecule has 0 unspecified atom stereocenters. The van der Waals surface area contributed by atoms with Crippen molar-refractivity contribution in [1.82, 2.24) is 5.16 Å². The highest BCUT2D eigenvalue weighted by Gasteiger charge is 2.02. The average molecular weight is 222 g/mol. The molecule has 2 rings (SSSR count). The van der Waals surface area contributed by atoms with Crippen LogP contribution in [-0.2, 0) is 12.3 Å². The van der Waals surface area contributed by atoms with E-state index in [4.69, 9.17) is 16.1 Å². The van der Waals surface area contributed by atoms with Crippen LogP contribution in [0.25, 0.3) is 0 Å². The first-order valence-corrected chi connectivity index (χ1v) is 5.37. The standard InChI is InChI=1S/C12H12ClNO/c1-9-6-12(15-14-9)7-10-2-4-11(8-13)5-3-10/h2-6H,7-8H2,1H3. The molecule has 0 amide bonds. The van der Waals surface area contributed by atoms with Crippen LogP contribution in [0.5, 0.6) is 0 Å². The zero-order chi connectivity index (χ0) is 10.7. The zero-order valence-electron chi connectivity index (χ0n) is 8.53. The van der Waals surface area contributed by atoms with Gasteiger partial charge in [-0.05, 0) is 18.1 Å². The van der Waals surface area contributed by atoms with Crippen LogP contribution in [-0.4, -0.2) is 5.16 Å². The third kappa shape index (κ3) is 2.60. The Bertz CT molecular complexity index is 433. The minimum atomic E-state index is 0.557. The van der Waals surface area contributed by atoms with Crippen molar-refractivity contribution in [3.63, 3.8) is 0 Å². The Labute approximate surface area is 93.9 Å². The molecule has 0 aliphatic heterocycles. The average Bonchev–Trinajstić information content (AvgIpc) is 2.65. The summed E-state index contributed by atoms with van der Waals surface area (Å²) in [4.78, 5) is 0. The molecule has 1 aromatic heterocycles. The molecule has 0 aliphatic carbocycles. The van der Waals surface area contributed by atoms with Gasteiger partial charge in [0.15, 0.2) is 0 Å². The van der Waals surface area contributed by atoms with Crippen molar-refractivity contribution in [3.05, 3.63) is 52.9 Å². The Morgan fingerprint density at radius 3 is 2.40 bits per heavy atom. The van der Waals surface area contributed by atoms with Gasteiger partial charge in [0.2, 0.25) is 0 Å². The summed E-state index contributed by atoms with van der Waals surface area (Å²) in [6, 6.07) is 10.2. The smallest absolute Gasteiger partial charge is 0.141 e. The highest BCUT2D eigenvalue weighted by molar-refractivity contribution is 6.17. The van der Waals surface area contributed by atoms with E-state index in [1.807, 2.05) is 25.1 Å². The molecule has 0 spiro atoms. The van der Waals surface area contributed by atoms with E-state index in [0.29, 0.717) is 5.88 Å². The van der Waals surface area contributed by atoms with Crippen LogP contribution in [0, 0.1) is 6.92 Å². The van der Waals surface area contributed by atoms with Gasteiger partial charge in [0.1, 0.15) is 5.76 Å². The maximum Gasteiger partial charge on any atom is 0.141 e. The Morgan fingerprint density at radius 2 is 1.87 bits per heavy atom. The van der Waals surface area contributed by atoms with E-state index >= 15 is 0 Å². The van der Waals surface area contributed by atoms with Crippen LogP contribution in [0.3, 0.4) is 0 Å². The molecule has 0 bridgehead atoms. The van der Waals surface area contributed by atoms with Gasteiger partial charge in [0.05, 0.1) is 5.69 Å². The lowest BCUT2D eigenvalue weighted by molar-refractivity contribution is 0.385. The van der Waals surface area contributed by atoms with E-state index in [2.05, 4.69) is 17.3 Å². The summed E-state index contributed by atoms with van der Waals surface area (Å²) in [6.07, 6.45) is 0.781. The molecule has 0 radical (unpaired) electrons. The summed E-state index contributed by atoms with van der Waals surface area (Å²) in [5.74, 6) is 1.45. The second-order valence-corrected chi connectivity index (χ2v) is 3.83. The van der Waals surface area contributed by atoms with E-state index in [9.17, 15) is 0 Å². The van der Waals surface area contributed by atoms with Crippen molar-refractivity contribution in [2.24, 2.45) is 0 Å². The van der Waals surface area contributed by atoms with Crippen molar-refractivity contribution in [2.45, 2.75) is 19.2 Å². The van der Waals surface area contributed by atoms with Gasteiger partial charge < -0.3 is 4.52 Å². The zero-order valence-corrected chi connectivity index (χ0v) is 9.29. The number of halogens is 1. The van der Waals surface area contributed by atoms with Gasteiger partial charge in [-0.25, -0.2) is 0 Å². The van der Waals surface area contributed by atoms with Crippen molar-refractivity contribution < 1.29 is 4.52 Å². The molecule has 0 N–H and O–H groups in total. The third-order valence-electron chi connectivity index (χ3n) is 2.23. The molecule has 1 heterocycles. The topological polar surface area (TPSA) is 26.0 Å². The highest BCUT2D eigenvalue weighted by atomic mass is 35.5. The molecule has 78 valence electrons. The fraction of sp³-hybridized carbons (Fsp3) is 0.250. The van der Waals surface area contributed by atoms with Crippen molar-refractivity contribution in [1.29, 1.82) is 0 Å². The number of rotatable bonds is 3.